The molecule has 1 aliphatic carbocycles. The summed E-state index contributed by atoms with van der Waals surface area (Å²) in [5.41, 5.74) is 0.322. The van der Waals surface area contributed by atoms with Gasteiger partial charge in [-0.05, 0) is 24.6 Å². The van der Waals surface area contributed by atoms with Crippen molar-refractivity contribution in [3.05, 3.63) is 46.8 Å². The molecule has 0 aliphatic heterocycles. The Kier molecular flexibility index (Phi) is 3.99. The zero-order valence-corrected chi connectivity index (χ0v) is 10.3. The lowest BCUT2D eigenvalue weighted by Crippen LogP contribution is -2.32. The van der Waals surface area contributed by atoms with E-state index in [-0.39, 0.29) is 29.5 Å². The van der Waals surface area contributed by atoms with E-state index in [1.54, 1.807) is 0 Å². The molecule has 96 valence electrons. The molecule has 0 fully saturated rings. The highest BCUT2D eigenvalue weighted by atomic mass is 35.5. The molecule has 0 aromatic heterocycles. The standard InChI is InChI=1S/C13H13ClFNO2/c14-11-6-9(2-4-12(11)15)13(18)16-10-3-1-8(5-10)7-17/h1-4,6,8,10,17H,5,7H2,(H,16,18)/t8-,10+/m0/s1. The van der Waals surface area contributed by atoms with Gasteiger partial charge in [0.2, 0.25) is 0 Å². The predicted molar refractivity (Wildman–Crippen MR) is 67.0 cm³/mol. The van der Waals surface area contributed by atoms with Crippen molar-refractivity contribution in [2.24, 2.45) is 5.92 Å². The maximum absolute atomic E-state index is 13.0. The molecule has 1 aliphatic rings. The molecule has 2 rings (SSSR count). The summed E-state index contributed by atoms with van der Waals surface area (Å²) in [5.74, 6) is -0.758. The molecule has 1 aromatic carbocycles. The second kappa shape index (κ2) is 5.50. The van der Waals surface area contributed by atoms with Crippen molar-refractivity contribution < 1.29 is 14.3 Å². The fourth-order valence-corrected chi connectivity index (χ4v) is 2.09. The Labute approximate surface area is 109 Å². The third-order valence-corrected chi connectivity index (χ3v) is 3.19. The van der Waals surface area contributed by atoms with Crippen LogP contribution in [0.3, 0.4) is 0 Å². The van der Waals surface area contributed by atoms with Crippen molar-refractivity contribution in [2.45, 2.75) is 12.5 Å². The Hall–Kier alpha value is -1.39. The molecule has 1 amide bonds. The van der Waals surface area contributed by atoms with E-state index in [1.165, 1.54) is 12.1 Å². The third kappa shape index (κ3) is 2.89. The van der Waals surface area contributed by atoms with Gasteiger partial charge < -0.3 is 10.4 Å². The maximum atomic E-state index is 13.0. The number of rotatable bonds is 3. The lowest BCUT2D eigenvalue weighted by atomic mass is 10.1. The van der Waals surface area contributed by atoms with Gasteiger partial charge >= 0.3 is 0 Å². The zero-order chi connectivity index (χ0) is 13.1. The van der Waals surface area contributed by atoms with Crippen molar-refractivity contribution in [3.63, 3.8) is 0 Å². The van der Waals surface area contributed by atoms with Gasteiger partial charge in [-0.3, -0.25) is 4.79 Å². The number of amides is 1. The summed E-state index contributed by atoms with van der Waals surface area (Å²) in [6.07, 6.45) is 4.41. The number of hydrogen-bond donors (Lipinski definition) is 2. The number of halogens is 2. The van der Waals surface area contributed by atoms with Gasteiger partial charge in [0.05, 0.1) is 5.02 Å². The molecular formula is C13H13ClFNO2. The Morgan fingerprint density at radius 3 is 2.89 bits per heavy atom. The van der Waals surface area contributed by atoms with Crippen molar-refractivity contribution >= 4 is 17.5 Å². The zero-order valence-electron chi connectivity index (χ0n) is 9.57. The summed E-state index contributed by atoms with van der Waals surface area (Å²) >= 11 is 5.62. The van der Waals surface area contributed by atoms with Gasteiger partial charge in [0.1, 0.15) is 5.82 Å². The predicted octanol–water partition coefficient (Wildman–Crippen LogP) is 2.15. The first-order valence-electron chi connectivity index (χ1n) is 5.65. The minimum absolute atomic E-state index is 0.0714. The van der Waals surface area contributed by atoms with E-state index in [2.05, 4.69) is 5.32 Å². The maximum Gasteiger partial charge on any atom is 0.251 e. The average molecular weight is 270 g/mol. The largest absolute Gasteiger partial charge is 0.396 e. The summed E-state index contributed by atoms with van der Waals surface area (Å²) in [6.45, 7) is 0.0746. The van der Waals surface area contributed by atoms with Gasteiger partial charge in [-0.15, -0.1) is 0 Å². The second-order valence-electron chi connectivity index (χ2n) is 4.27. The normalized spacial score (nSPS) is 22.2. The van der Waals surface area contributed by atoms with E-state index >= 15 is 0 Å². The molecule has 3 nitrogen and oxygen atoms in total. The highest BCUT2D eigenvalue weighted by Crippen LogP contribution is 2.19. The number of benzene rings is 1. The van der Waals surface area contributed by atoms with E-state index in [0.29, 0.717) is 12.0 Å². The summed E-state index contributed by atoms with van der Waals surface area (Å²) in [4.78, 5) is 11.9. The first kappa shape index (κ1) is 13.1. The monoisotopic (exact) mass is 269 g/mol. The number of aliphatic hydroxyl groups excluding tert-OH is 1. The smallest absolute Gasteiger partial charge is 0.251 e. The van der Waals surface area contributed by atoms with Crippen molar-refractivity contribution in [1.82, 2.24) is 5.32 Å². The van der Waals surface area contributed by atoms with Crippen LogP contribution in [0.15, 0.2) is 30.4 Å². The first-order valence-corrected chi connectivity index (χ1v) is 6.03. The van der Waals surface area contributed by atoms with Crippen molar-refractivity contribution in [3.8, 4) is 0 Å². The first-order chi connectivity index (χ1) is 8.60. The molecule has 5 heteroatoms. The Balaban J connectivity index is 2.00. The fourth-order valence-electron chi connectivity index (χ4n) is 1.91. The highest BCUT2D eigenvalue weighted by molar-refractivity contribution is 6.31. The highest BCUT2D eigenvalue weighted by Gasteiger charge is 2.20. The van der Waals surface area contributed by atoms with Gasteiger partial charge in [0.25, 0.3) is 5.91 Å². The molecule has 18 heavy (non-hydrogen) atoms. The van der Waals surface area contributed by atoms with Crippen LogP contribution in [0.1, 0.15) is 16.8 Å². The Bertz CT molecular complexity index is 490. The van der Waals surface area contributed by atoms with Crippen LogP contribution in [0.25, 0.3) is 0 Å². The molecule has 2 N–H and O–H groups in total. The summed E-state index contributed by atoms with van der Waals surface area (Å²) in [6, 6.07) is 3.75. The average Bonchev–Trinajstić information content (AvgIpc) is 2.80. The minimum atomic E-state index is -0.547. The lowest BCUT2D eigenvalue weighted by Gasteiger charge is -2.12. The summed E-state index contributed by atoms with van der Waals surface area (Å²) < 4.78 is 13.0. The SMILES string of the molecule is O=C(N[C@@H]1C=C[C@H](CO)C1)c1ccc(F)c(Cl)c1. The Morgan fingerprint density at radius 1 is 1.50 bits per heavy atom. The van der Waals surface area contributed by atoms with Gasteiger partial charge in [0.15, 0.2) is 0 Å². The molecule has 0 unspecified atom stereocenters. The van der Waals surface area contributed by atoms with Crippen LogP contribution in [0, 0.1) is 11.7 Å². The number of carbonyl (C=O) groups excluding carboxylic acids is 1. The van der Waals surface area contributed by atoms with E-state index in [4.69, 9.17) is 16.7 Å². The van der Waals surface area contributed by atoms with Gasteiger partial charge in [-0.25, -0.2) is 4.39 Å². The molecule has 1 aromatic rings. The molecule has 0 spiro atoms. The van der Waals surface area contributed by atoms with Crippen LogP contribution in [0.4, 0.5) is 4.39 Å². The minimum Gasteiger partial charge on any atom is -0.396 e. The molecule has 0 radical (unpaired) electrons. The van der Waals surface area contributed by atoms with Crippen LogP contribution in [-0.2, 0) is 0 Å². The van der Waals surface area contributed by atoms with Gasteiger partial charge in [-0.1, -0.05) is 23.8 Å². The van der Waals surface area contributed by atoms with E-state index < -0.39 is 5.82 Å². The van der Waals surface area contributed by atoms with Crippen LogP contribution < -0.4 is 5.32 Å². The van der Waals surface area contributed by atoms with Crippen molar-refractivity contribution in [2.75, 3.05) is 6.61 Å². The number of aliphatic hydroxyl groups is 1. The molecule has 0 saturated heterocycles. The molecule has 0 saturated carbocycles. The topological polar surface area (TPSA) is 49.3 Å². The Morgan fingerprint density at radius 2 is 2.28 bits per heavy atom. The summed E-state index contributed by atoms with van der Waals surface area (Å²) in [5, 5.41) is 11.7. The number of carbonyl (C=O) groups is 1. The van der Waals surface area contributed by atoms with Crippen LogP contribution in [0.5, 0.6) is 0 Å². The number of nitrogens with one attached hydrogen (secondary N) is 1. The van der Waals surface area contributed by atoms with Gasteiger partial charge in [-0.2, -0.15) is 0 Å². The van der Waals surface area contributed by atoms with Crippen LogP contribution in [0.2, 0.25) is 5.02 Å². The molecule has 0 bridgehead atoms. The quantitative estimate of drug-likeness (QED) is 0.826. The second-order valence-corrected chi connectivity index (χ2v) is 4.68. The van der Waals surface area contributed by atoms with Crippen LogP contribution >= 0.6 is 11.6 Å². The van der Waals surface area contributed by atoms with Gasteiger partial charge in [0, 0.05) is 24.1 Å². The molecule has 2 atom stereocenters. The van der Waals surface area contributed by atoms with E-state index in [1.807, 2.05) is 12.2 Å². The number of hydrogen-bond acceptors (Lipinski definition) is 2. The van der Waals surface area contributed by atoms with E-state index in [9.17, 15) is 9.18 Å². The molecular weight excluding hydrogens is 257 g/mol. The van der Waals surface area contributed by atoms with E-state index in [0.717, 1.165) is 6.07 Å². The fraction of sp³-hybridized carbons (Fsp3) is 0.308. The lowest BCUT2D eigenvalue weighted by molar-refractivity contribution is 0.0941. The molecule has 0 heterocycles. The van der Waals surface area contributed by atoms with Crippen LogP contribution in [-0.4, -0.2) is 23.7 Å². The summed E-state index contributed by atoms with van der Waals surface area (Å²) in [7, 11) is 0. The van der Waals surface area contributed by atoms with Crippen molar-refractivity contribution in [1.29, 1.82) is 0 Å². The third-order valence-electron chi connectivity index (χ3n) is 2.91.